The number of imide groups is 1. The fourth-order valence-corrected chi connectivity index (χ4v) is 10.2. The second-order valence-electron chi connectivity index (χ2n) is 18.9. The summed E-state index contributed by atoms with van der Waals surface area (Å²) in [6.07, 6.45) is 2.06. The van der Waals surface area contributed by atoms with Gasteiger partial charge in [0.2, 0.25) is 29.5 Å². The molecule has 7 N–H and O–H groups in total. The second kappa shape index (κ2) is 31.1. The molecule has 2 aromatic carbocycles. The van der Waals surface area contributed by atoms with Crippen molar-refractivity contribution in [2.75, 3.05) is 104 Å². The molecule has 4 rings (SSSR count). The molecule has 2 heterocycles. The molecule has 1 unspecified atom stereocenters. The monoisotopic (exact) mass is 1070 g/mol. The summed E-state index contributed by atoms with van der Waals surface area (Å²) < 4.78 is 15.2. The van der Waals surface area contributed by atoms with Crippen molar-refractivity contribution < 1.29 is 68.0 Å². The Balaban J connectivity index is 1.36. The Morgan fingerprint density at radius 3 is 1.79 bits per heavy atom. The number of thioether (sulfide) groups is 1. The molecule has 2 aromatic rings. The number of rotatable bonds is 29. The van der Waals surface area contributed by atoms with Gasteiger partial charge >= 0.3 is 23.9 Å². The van der Waals surface area contributed by atoms with Crippen molar-refractivity contribution in [1.29, 1.82) is 0 Å². The highest BCUT2D eigenvalue weighted by molar-refractivity contribution is 8.00. The fraction of sp³-hybridized carbons (Fsp3) is 0.608. The standard InChI is InChI=1S/C51H74FN9O13S/c1-4-51(52,5-2)41(53-3)14-10-26-75-40-29-44(64)61(49(40)72)17-9-8-13-38(50(73)74)56-48(71)39(28-35-15-16-36-11-6-7-12-37(36)27-35)55-42(62)30-54-43(63)31-57-18-20-58(32-45(65)66)22-24-60(34-47(69)70)25-23-59(21-19-57)33-46(67)68/h6-7,11-12,15-16,27,38-40H,4-5,8-10,13-14,17-26,28-34H2,1-3H3,(H,54,63)(H,55,62)(H,56,71)(H,65,66)(H,67,68)(H,69,70)(H,73,74)/t38-,39-,40?/m0/s1. The molecule has 5 amide bonds. The van der Waals surface area contributed by atoms with Gasteiger partial charge in [0.1, 0.15) is 17.8 Å². The maximum atomic E-state index is 15.2. The molecule has 24 heteroatoms. The summed E-state index contributed by atoms with van der Waals surface area (Å²) in [7, 11) is 1.57. The Kier molecular flexibility index (Phi) is 25.5. The van der Waals surface area contributed by atoms with Gasteiger partial charge in [0.25, 0.3) is 0 Å². The van der Waals surface area contributed by atoms with E-state index < -0.39 is 71.1 Å². The molecule has 2 aliphatic rings. The van der Waals surface area contributed by atoms with E-state index in [1.54, 1.807) is 46.6 Å². The van der Waals surface area contributed by atoms with Gasteiger partial charge in [-0.1, -0.05) is 56.3 Å². The van der Waals surface area contributed by atoms with E-state index in [0.29, 0.717) is 42.7 Å². The van der Waals surface area contributed by atoms with Crippen LogP contribution in [0.1, 0.15) is 70.8 Å². The maximum Gasteiger partial charge on any atom is 0.326 e. The average Bonchev–Trinajstić information content (AvgIpc) is 3.63. The Morgan fingerprint density at radius 1 is 0.720 bits per heavy atom. The molecule has 0 radical (unpaired) electrons. The minimum atomic E-state index is -1.47. The first-order valence-corrected chi connectivity index (χ1v) is 26.5. The fourth-order valence-electron chi connectivity index (χ4n) is 9.10. The molecule has 414 valence electrons. The third-order valence-electron chi connectivity index (χ3n) is 13.5. The molecule has 2 aliphatic heterocycles. The number of amides is 5. The van der Waals surface area contributed by atoms with Crippen LogP contribution in [0.15, 0.2) is 47.5 Å². The number of carbonyl (C=O) groups is 9. The van der Waals surface area contributed by atoms with Gasteiger partial charge in [-0.15, -0.1) is 11.8 Å². The van der Waals surface area contributed by atoms with E-state index >= 15 is 4.39 Å². The van der Waals surface area contributed by atoms with Crippen LogP contribution in [-0.4, -0.2) is 231 Å². The van der Waals surface area contributed by atoms with Crippen molar-refractivity contribution >= 4 is 81.7 Å². The van der Waals surface area contributed by atoms with E-state index in [-0.39, 0.29) is 129 Å². The average molecular weight is 1070 g/mol. The van der Waals surface area contributed by atoms with Crippen LogP contribution in [0.2, 0.25) is 0 Å². The number of alkyl halides is 1. The summed E-state index contributed by atoms with van der Waals surface area (Å²) >= 11 is 1.35. The van der Waals surface area contributed by atoms with Crippen LogP contribution in [0, 0.1) is 0 Å². The number of aliphatic imine (C=N–C) groups is 1. The van der Waals surface area contributed by atoms with E-state index in [1.165, 1.54) is 16.7 Å². The number of nitrogens with zero attached hydrogens (tertiary/aromatic N) is 6. The summed E-state index contributed by atoms with van der Waals surface area (Å²) in [5.41, 5.74) is -0.333. The molecule has 75 heavy (non-hydrogen) atoms. The second-order valence-corrected chi connectivity index (χ2v) is 20.2. The van der Waals surface area contributed by atoms with E-state index in [0.717, 1.165) is 10.8 Å². The van der Waals surface area contributed by atoms with Crippen molar-refractivity contribution in [2.24, 2.45) is 4.99 Å². The number of halogens is 1. The summed E-state index contributed by atoms with van der Waals surface area (Å²) in [4.78, 5) is 126. The van der Waals surface area contributed by atoms with E-state index in [2.05, 4.69) is 20.9 Å². The lowest BCUT2D eigenvalue weighted by Gasteiger charge is -2.32. The van der Waals surface area contributed by atoms with Gasteiger partial charge < -0.3 is 36.4 Å². The van der Waals surface area contributed by atoms with Gasteiger partial charge in [0.15, 0.2) is 0 Å². The van der Waals surface area contributed by atoms with Crippen LogP contribution in [-0.2, 0) is 49.6 Å². The number of aliphatic carboxylic acids is 4. The number of carboxylic acid groups (broad SMARTS) is 4. The molecule has 0 aromatic heterocycles. The first-order valence-electron chi connectivity index (χ1n) is 25.5. The van der Waals surface area contributed by atoms with Gasteiger partial charge in [-0.25, -0.2) is 9.18 Å². The van der Waals surface area contributed by atoms with Crippen molar-refractivity contribution in [2.45, 2.75) is 94.6 Å². The summed E-state index contributed by atoms with van der Waals surface area (Å²) in [6, 6.07) is 10.3. The molecular weight excluding hydrogens is 998 g/mol. The zero-order chi connectivity index (χ0) is 55.1. The summed E-state index contributed by atoms with van der Waals surface area (Å²) in [5.74, 6) is -6.94. The number of carboxylic acids is 4. The highest BCUT2D eigenvalue weighted by atomic mass is 32.2. The minimum Gasteiger partial charge on any atom is -0.480 e. The zero-order valence-corrected chi connectivity index (χ0v) is 44.0. The predicted molar refractivity (Wildman–Crippen MR) is 279 cm³/mol. The highest BCUT2D eigenvalue weighted by Gasteiger charge is 2.39. The summed E-state index contributed by atoms with van der Waals surface area (Å²) in [6.45, 7) is 3.19. The van der Waals surface area contributed by atoms with Gasteiger partial charge in [0, 0.05) is 84.5 Å². The molecule has 2 saturated heterocycles. The number of benzene rings is 2. The van der Waals surface area contributed by atoms with Crippen molar-refractivity contribution in [3.8, 4) is 0 Å². The number of fused-ring (bicyclic) bond motifs is 1. The number of carbonyl (C=O) groups excluding carboxylic acids is 5. The van der Waals surface area contributed by atoms with Gasteiger partial charge in [-0.3, -0.25) is 67.8 Å². The van der Waals surface area contributed by atoms with Crippen LogP contribution < -0.4 is 16.0 Å². The smallest absolute Gasteiger partial charge is 0.326 e. The lowest BCUT2D eigenvalue weighted by atomic mass is 9.91. The van der Waals surface area contributed by atoms with Crippen molar-refractivity contribution in [3.63, 3.8) is 0 Å². The Hall–Kier alpha value is -6.08. The Bertz CT molecular complexity index is 2310. The predicted octanol–water partition coefficient (Wildman–Crippen LogP) is 1.44. The molecule has 0 bridgehead atoms. The van der Waals surface area contributed by atoms with Crippen LogP contribution >= 0.6 is 11.8 Å². The number of hydrogen-bond acceptors (Lipinski definition) is 15. The molecule has 0 spiro atoms. The third kappa shape index (κ3) is 20.9. The molecular formula is C51H74FN9O13S. The van der Waals surface area contributed by atoms with E-state index in [9.17, 15) is 63.6 Å². The van der Waals surface area contributed by atoms with Crippen molar-refractivity contribution in [1.82, 2.24) is 40.4 Å². The first kappa shape index (κ1) is 61.5. The number of nitrogens with one attached hydrogen (secondary N) is 3. The SMILES string of the molecule is CCC(F)(CC)C(CCCSC1CC(=O)N(CCCC[C@H](NC(=O)[C@H](Cc2ccc3ccccc3c2)NC(=O)CNC(=O)CN2CCN(CC(=O)O)CCN(CC(=O)O)CCN(CC(=O)O)CC2)C(=O)O)C1=O)=NC. The number of hydrogen-bond donors (Lipinski definition) is 7. The normalized spacial score (nSPS) is 17.9. The largest absolute Gasteiger partial charge is 0.480 e. The van der Waals surface area contributed by atoms with Gasteiger partial charge in [0.05, 0.1) is 38.0 Å². The molecule has 22 nitrogen and oxygen atoms in total. The third-order valence-corrected chi connectivity index (χ3v) is 14.7. The van der Waals surface area contributed by atoms with E-state index in [1.807, 2.05) is 36.4 Å². The molecule has 2 fully saturated rings. The highest BCUT2D eigenvalue weighted by Crippen LogP contribution is 2.29. The Labute approximate surface area is 440 Å². The van der Waals surface area contributed by atoms with Gasteiger partial charge in [-0.05, 0) is 67.0 Å². The van der Waals surface area contributed by atoms with Crippen molar-refractivity contribution in [3.05, 3.63) is 48.0 Å². The van der Waals surface area contributed by atoms with Crippen LogP contribution in [0.5, 0.6) is 0 Å². The summed E-state index contributed by atoms with van der Waals surface area (Å²) in [5, 5.41) is 47.7. The van der Waals surface area contributed by atoms with Gasteiger partial charge in [-0.2, -0.15) is 0 Å². The molecule has 0 saturated carbocycles. The molecule has 3 atom stereocenters. The number of unbranched alkanes of at least 4 members (excludes halogenated alkanes) is 1. The molecule has 0 aliphatic carbocycles. The zero-order valence-electron chi connectivity index (χ0n) is 43.2. The van der Waals surface area contributed by atoms with E-state index in [4.69, 9.17) is 0 Å². The number of likely N-dealkylation sites (tertiary alicyclic amines) is 1. The Morgan fingerprint density at radius 2 is 1.27 bits per heavy atom. The lowest BCUT2D eigenvalue weighted by Crippen LogP contribution is -2.54. The lowest BCUT2D eigenvalue weighted by molar-refractivity contribution is -0.143. The minimum absolute atomic E-state index is 0.0264. The maximum absolute atomic E-state index is 15.2. The van der Waals surface area contributed by atoms with Crippen LogP contribution in [0.4, 0.5) is 4.39 Å². The first-order chi connectivity index (χ1) is 35.7. The topological polar surface area (TPSA) is 299 Å². The quantitative estimate of drug-likeness (QED) is 0.0345. The van der Waals surface area contributed by atoms with Crippen LogP contribution in [0.25, 0.3) is 10.8 Å². The van der Waals surface area contributed by atoms with Crippen LogP contribution in [0.3, 0.4) is 0 Å².